The molecule has 0 spiro atoms. The zero-order chi connectivity index (χ0) is 11.5. The largest absolute Gasteiger partial charge is 0.495 e. The van der Waals surface area contributed by atoms with E-state index in [4.69, 9.17) is 4.74 Å². The number of benzene rings is 1. The lowest BCUT2D eigenvalue weighted by Gasteiger charge is -2.21. The average molecular weight is 287 g/mol. The minimum Gasteiger partial charge on any atom is -0.495 e. The Morgan fingerprint density at radius 1 is 1.44 bits per heavy atom. The Labute approximate surface area is 102 Å². The van der Waals surface area contributed by atoms with Crippen molar-refractivity contribution in [2.45, 2.75) is 18.9 Å². The predicted octanol–water partition coefficient (Wildman–Crippen LogP) is 3.32. The molecular weight excluding hydrogens is 275 g/mol. The van der Waals surface area contributed by atoms with Crippen molar-refractivity contribution in [3.05, 3.63) is 45.9 Å². The van der Waals surface area contributed by atoms with Gasteiger partial charge in [0.05, 0.1) is 6.61 Å². The molecule has 1 atom stereocenters. The number of hydrogen-bond acceptors (Lipinski definition) is 2. The second-order valence-electron chi connectivity index (χ2n) is 3.64. The van der Waals surface area contributed by atoms with Crippen molar-refractivity contribution in [1.29, 1.82) is 0 Å². The van der Waals surface area contributed by atoms with Gasteiger partial charge in [-0.1, -0.05) is 22.0 Å². The Morgan fingerprint density at radius 2 is 2.25 bits per heavy atom. The van der Waals surface area contributed by atoms with Crippen LogP contribution in [0.25, 0.3) is 0 Å². The van der Waals surface area contributed by atoms with Crippen LogP contribution in [0.5, 0.6) is 0 Å². The van der Waals surface area contributed by atoms with Gasteiger partial charge < -0.3 is 9.84 Å². The van der Waals surface area contributed by atoms with Crippen LogP contribution in [0.3, 0.4) is 0 Å². The van der Waals surface area contributed by atoms with Crippen LogP contribution in [0.4, 0.5) is 4.39 Å². The molecule has 1 aromatic carbocycles. The number of allylic oxidation sites excluding steroid dienone is 1. The minimum atomic E-state index is -1.03. The molecule has 1 aromatic rings. The lowest BCUT2D eigenvalue weighted by Crippen LogP contribution is -2.11. The maximum atomic E-state index is 13.6. The molecule has 0 saturated carbocycles. The summed E-state index contributed by atoms with van der Waals surface area (Å²) in [5.74, 6) is 0.00833. The van der Waals surface area contributed by atoms with Gasteiger partial charge in [0.1, 0.15) is 17.7 Å². The highest BCUT2D eigenvalue weighted by Crippen LogP contribution is 2.32. The molecule has 1 N–H and O–H groups in total. The lowest BCUT2D eigenvalue weighted by molar-refractivity contribution is 0.0893. The third kappa shape index (κ3) is 2.28. The van der Waals surface area contributed by atoms with Crippen molar-refractivity contribution in [2.24, 2.45) is 0 Å². The van der Waals surface area contributed by atoms with Crippen molar-refractivity contribution < 1.29 is 14.2 Å². The number of aliphatic hydroxyl groups excluding tert-OH is 1. The van der Waals surface area contributed by atoms with Gasteiger partial charge >= 0.3 is 0 Å². The topological polar surface area (TPSA) is 29.5 Å². The molecule has 0 fully saturated rings. The molecule has 0 saturated heterocycles. The van der Waals surface area contributed by atoms with Crippen LogP contribution in [-0.4, -0.2) is 11.7 Å². The van der Waals surface area contributed by atoms with E-state index in [1.54, 1.807) is 12.1 Å². The molecule has 1 aliphatic heterocycles. The van der Waals surface area contributed by atoms with Crippen LogP contribution >= 0.6 is 15.9 Å². The molecular formula is C12H12BrFO2. The first-order chi connectivity index (χ1) is 7.70. The van der Waals surface area contributed by atoms with Crippen molar-refractivity contribution in [3.8, 4) is 0 Å². The zero-order valence-electron chi connectivity index (χ0n) is 8.62. The molecule has 0 amide bonds. The van der Waals surface area contributed by atoms with Gasteiger partial charge in [-0.15, -0.1) is 0 Å². The van der Waals surface area contributed by atoms with Gasteiger partial charge in [0.15, 0.2) is 0 Å². The van der Waals surface area contributed by atoms with Crippen LogP contribution in [0, 0.1) is 5.82 Å². The number of hydrogen-bond donors (Lipinski definition) is 1. The third-order valence-electron chi connectivity index (χ3n) is 2.51. The van der Waals surface area contributed by atoms with E-state index in [1.807, 2.05) is 6.08 Å². The van der Waals surface area contributed by atoms with E-state index in [0.29, 0.717) is 16.8 Å². The fourth-order valence-corrected chi connectivity index (χ4v) is 2.24. The van der Waals surface area contributed by atoms with Crippen LogP contribution in [-0.2, 0) is 4.74 Å². The van der Waals surface area contributed by atoms with E-state index in [-0.39, 0.29) is 5.56 Å². The highest BCUT2D eigenvalue weighted by Gasteiger charge is 2.22. The number of halogens is 2. The molecule has 0 aliphatic carbocycles. The summed E-state index contributed by atoms with van der Waals surface area (Å²) < 4.78 is 19.5. The number of rotatable bonds is 2. The second-order valence-corrected chi connectivity index (χ2v) is 4.49. The van der Waals surface area contributed by atoms with E-state index in [9.17, 15) is 9.50 Å². The summed E-state index contributed by atoms with van der Waals surface area (Å²) in [6.45, 7) is 0.578. The Morgan fingerprint density at radius 3 is 2.88 bits per heavy atom. The van der Waals surface area contributed by atoms with Crippen molar-refractivity contribution in [2.75, 3.05) is 6.61 Å². The van der Waals surface area contributed by atoms with Crippen molar-refractivity contribution >= 4 is 15.9 Å². The average Bonchev–Trinajstić information content (AvgIpc) is 2.30. The zero-order valence-corrected chi connectivity index (χ0v) is 10.2. The van der Waals surface area contributed by atoms with E-state index < -0.39 is 11.9 Å². The standard InChI is InChI=1S/C12H12BrFO2/c13-8-4-3-5-9(14)11(8)12(15)10-6-1-2-7-16-10/h3-6,12,15H,1-2,7H2. The molecule has 0 bridgehead atoms. The Balaban J connectivity index is 2.33. The monoisotopic (exact) mass is 286 g/mol. The fraction of sp³-hybridized carbons (Fsp3) is 0.333. The highest BCUT2D eigenvalue weighted by atomic mass is 79.9. The van der Waals surface area contributed by atoms with Gasteiger partial charge in [-0.05, 0) is 31.1 Å². The molecule has 1 aliphatic rings. The van der Waals surface area contributed by atoms with E-state index in [1.165, 1.54) is 6.07 Å². The molecule has 86 valence electrons. The Bertz CT molecular complexity index is 397. The van der Waals surface area contributed by atoms with Gasteiger partial charge in [-0.3, -0.25) is 0 Å². The normalized spacial score (nSPS) is 17.6. The van der Waals surface area contributed by atoms with Crippen molar-refractivity contribution in [3.63, 3.8) is 0 Å². The summed E-state index contributed by atoms with van der Waals surface area (Å²) in [5.41, 5.74) is 0.232. The summed E-state index contributed by atoms with van der Waals surface area (Å²) >= 11 is 3.23. The maximum Gasteiger partial charge on any atom is 0.140 e. The number of ether oxygens (including phenoxy) is 1. The molecule has 0 aromatic heterocycles. The maximum absolute atomic E-state index is 13.6. The molecule has 16 heavy (non-hydrogen) atoms. The molecule has 4 heteroatoms. The minimum absolute atomic E-state index is 0.232. The van der Waals surface area contributed by atoms with Crippen LogP contribution in [0.1, 0.15) is 24.5 Å². The molecule has 1 heterocycles. The molecule has 2 nitrogen and oxygen atoms in total. The first-order valence-electron chi connectivity index (χ1n) is 5.15. The third-order valence-corrected chi connectivity index (χ3v) is 3.20. The van der Waals surface area contributed by atoms with Gasteiger partial charge in [0, 0.05) is 10.0 Å². The Hall–Kier alpha value is -0.870. The SMILES string of the molecule is OC(C1=CCCCO1)c1c(F)cccc1Br. The van der Waals surface area contributed by atoms with Crippen LogP contribution < -0.4 is 0 Å². The van der Waals surface area contributed by atoms with Gasteiger partial charge in [-0.25, -0.2) is 4.39 Å². The fourth-order valence-electron chi connectivity index (χ4n) is 1.68. The second kappa shape index (κ2) is 4.97. The molecule has 2 rings (SSSR count). The van der Waals surface area contributed by atoms with Crippen LogP contribution in [0.15, 0.2) is 34.5 Å². The van der Waals surface area contributed by atoms with E-state index >= 15 is 0 Å². The quantitative estimate of drug-likeness (QED) is 0.904. The van der Waals surface area contributed by atoms with Crippen molar-refractivity contribution in [1.82, 2.24) is 0 Å². The summed E-state index contributed by atoms with van der Waals surface area (Å²) in [6.07, 6.45) is 2.58. The highest BCUT2D eigenvalue weighted by molar-refractivity contribution is 9.10. The first-order valence-corrected chi connectivity index (χ1v) is 5.94. The van der Waals surface area contributed by atoms with Gasteiger partial charge in [-0.2, -0.15) is 0 Å². The van der Waals surface area contributed by atoms with E-state index in [2.05, 4.69) is 15.9 Å². The van der Waals surface area contributed by atoms with Gasteiger partial charge in [0.2, 0.25) is 0 Å². The summed E-state index contributed by atoms with van der Waals surface area (Å²) in [7, 11) is 0. The summed E-state index contributed by atoms with van der Waals surface area (Å²) in [5, 5.41) is 10.0. The summed E-state index contributed by atoms with van der Waals surface area (Å²) in [4.78, 5) is 0. The smallest absolute Gasteiger partial charge is 0.140 e. The Kier molecular flexibility index (Phi) is 3.61. The summed E-state index contributed by atoms with van der Waals surface area (Å²) in [6, 6.07) is 4.61. The molecule has 1 unspecified atom stereocenters. The first kappa shape index (κ1) is 11.6. The van der Waals surface area contributed by atoms with Gasteiger partial charge in [0.25, 0.3) is 0 Å². The van der Waals surface area contributed by atoms with E-state index in [0.717, 1.165) is 12.8 Å². The number of aliphatic hydroxyl groups is 1. The van der Waals surface area contributed by atoms with Crippen LogP contribution in [0.2, 0.25) is 0 Å². The lowest BCUT2D eigenvalue weighted by atomic mass is 10.1. The predicted molar refractivity (Wildman–Crippen MR) is 62.3 cm³/mol. The molecule has 0 radical (unpaired) electrons.